The third-order valence-corrected chi connectivity index (χ3v) is 4.44. The van der Waals surface area contributed by atoms with Gasteiger partial charge >= 0.3 is 0 Å². The molecule has 0 aliphatic rings. The number of benzene rings is 2. The van der Waals surface area contributed by atoms with Gasteiger partial charge in [-0.3, -0.25) is 9.59 Å². The number of likely N-dealkylation sites (N-methyl/N-ethyl adjacent to an activating group) is 1. The van der Waals surface area contributed by atoms with Gasteiger partial charge in [-0.15, -0.1) is 0 Å². The summed E-state index contributed by atoms with van der Waals surface area (Å²) < 4.78 is 10.9. The second-order valence-electron chi connectivity index (χ2n) is 6.00. The van der Waals surface area contributed by atoms with E-state index in [4.69, 9.17) is 9.47 Å². The summed E-state index contributed by atoms with van der Waals surface area (Å²) >= 11 is 3.36. The summed E-state index contributed by atoms with van der Waals surface area (Å²) in [6, 6.07) is 11.8. The van der Waals surface area contributed by atoms with E-state index in [1.807, 2.05) is 19.0 Å². The van der Waals surface area contributed by atoms with Crippen LogP contribution in [0.15, 0.2) is 42.5 Å². The Balaban J connectivity index is 2.12. The molecule has 0 atom stereocenters. The van der Waals surface area contributed by atoms with Gasteiger partial charge in [0, 0.05) is 17.4 Å². The molecule has 138 valence electrons. The number of nitrogens with zero attached hydrogens (tertiary/aromatic N) is 1. The lowest BCUT2D eigenvalue weighted by molar-refractivity contribution is 0.0815. The predicted octanol–water partition coefficient (Wildman–Crippen LogP) is 3.60. The number of Topliss-reactive ketones (excluding diaryl/α,β-unsaturated/α-hetero) is 2. The minimum atomic E-state index is -0.593. The molecule has 0 saturated heterocycles. The molecule has 0 spiro atoms. The van der Waals surface area contributed by atoms with Crippen LogP contribution < -0.4 is 9.47 Å². The van der Waals surface area contributed by atoms with Crippen molar-refractivity contribution in [3.63, 3.8) is 0 Å². The molecule has 2 rings (SSSR count). The molecule has 0 saturated carbocycles. The molecule has 5 nitrogen and oxygen atoms in total. The molecule has 0 fully saturated rings. The van der Waals surface area contributed by atoms with Crippen molar-refractivity contribution in [1.29, 1.82) is 0 Å². The topological polar surface area (TPSA) is 55.8 Å². The van der Waals surface area contributed by atoms with E-state index in [2.05, 4.69) is 15.9 Å². The lowest BCUT2D eigenvalue weighted by atomic mass is 9.99. The Morgan fingerprint density at radius 3 is 2.31 bits per heavy atom. The van der Waals surface area contributed by atoms with Crippen LogP contribution in [0.3, 0.4) is 0 Å². The third-order valence-electron chi connectivity index (χ3n) is 3.79. The number of carbonyl (C=O) groups is 2. The smallest absolute Gasteiger partial charge is 0.237 e. The van der Waals surface area contributed by atoms with E-state index in [9.17, 15) is 9.59 Å². The van der Waals surface area contributed by atoms with Crippen molar-refractivity contribution in [2.24, 2.45) is 0 Å². The van der Waals surface area contributed by atoms with Gasteiger partial charge < -0.3 is 14.4 Å². The van der Waals surface area contributed by atoms with Crippen molar-refractivity contribution in [3.8, 4) is 11.5 Å². The van der Waals surface area contributed by atoms with Gasteiger partial charge in [-0.25, -0.2) is 0 Å². The zero-order chi connectivity index (χ0) is 19.1. The van der Waals surface area contributed by atoms with E-state index in [0.29, 0.717) is 29.0 Å². The Kier molecular flexibility index (Phi) is 7.36. The Bertz CT molecular complexity index is 772. The van der Waals surface area contributed by atoms with Gasteiger partial charge in [0.25, 0.3) is 0 Å². The van der Waals surface area contributed by atoms with Gasteiger partial charge in [0.05, 0.1) is 12.7 Å². The number of ether oxygens (including phenoxy) is 2. The Hall–Kier alpha value is -2.18. The summed E-state index contributed by atoms with van der Waals surface area (Å²) in [6.45, 7) is 1.35. The van der Waals surface area contributed by atoms with Crippen LogP contribution in [0.5, 0.6) is 11.5 Å². The molecule has 0 radical (unpaired) electrons. The van der Waals surface area contributed by atoms with Crippen molar-refractivity contribution in [2.75, 3.05) is 34.4 Å². The van der Waals surface area contributed by atoms with Gasteiger partial charge in [-0.05, 0) is 56.1 Å². The molecule has 2 aromatic carbocycles. The monoisotopic (exact) mass is 419 g/mol. The molecule has 0 aromatic heterocycles. The first-order valence-electron chi connectivity index (χ1n) is 8.15. The fourth-order valence-corrected chi connectivity index (χ4v) is 2.66. The van der Waals surface area contributed by atoms with Gasteiger partial charge in [0.2, 0.25) is 11.6 Å². The van der Waals surface area contributed by atoms with Crippen LogP contribution in [0, 0.1) is 0 Å². The molecule has 0 N–H and O–H groups in total. The molecule has 0 aliphatic carbocycles. The summed E-state index contributed by atoms with van der Waals surface area (Å²) in [5.74, 6) is -0.113. The molecule has 0 aliphatic heterocycles. The molecule has 2 aromatic rings. The summed E-state index contributed by atoms with van der Waals surface area (Å²) in [5, 5.41) is 0.640. The van der Waals surface area contributed by atoms with Crippen LogP contribution >= 0.6 is 15.9 Å². The van der Waals surface area contributed by atoms with Crippen molar-refractivity contribution in [2.45, 2.75) is 5.33 Å². The number of carbonyl (C=O) groups excluding carboxylic acids is 2. The summed E-state index contributed by atoms with van der Waals surface area (Å²) in [6.07, 6.45) is 0. The predicted molar refractivity (Wildman–Crippen MR) is 105 cm³/mol. The van der Waals surface area contributed by atoms with E-state index in [1.54, 1.807) is 42.5 Å². The fourth-order valence-electron chi connectivity index (χ4n) is 2.31. The Morgan fingerprint density at radius 2 is 1.73 bits per heavy atom. The highest BCUT2D eigenvalue weighted by atomic mass is 79.9. The quantitative estimate of drug-likeness (QED) is 0.353. The normalized spacial score (nSPS) is 10.7. The number of hydrogen-bond donors (Lipinski definition) is 0. The number of alkyl halides is 1. The van der Waals surface area contributed by atoms with Crippen LogP contribution in [0.2, 0.25) is 0 Å². The summed E-state index contributed by atoms with van der Waals surface area (Å²) in [4.78, 5) is 27.1. The molecule has 0 unspecified atom stereocenters. The largest absolute Gasteiger partial charge is 0.496 e. The average Bonchev–Trinajstić information content (AvgIpc) is 2.66. The van der Waals surface area contributed by atoms with E-state index >= 15 is 0 Å². The number of rotatable bonds is 9. The lowest BCUT2D eigenvalue weighted by Gasteiger charge is -2.11. The highest BCUT2D eigenvalue weighted by Gasteiger charge is 2.22. The van der Waals surface area contributed by atoms with E-state index in [-0.39, 0.29) is 5.56 Å². The molecule has 0 heterocycles. The second kappa shape index (κ2) is 9.50. The standard InChI is InChI=1S/C20H22BrNO4/c1-22(2)10-11-26-16-7-5-15(6-8-16)19(23)20(24)17-9-4-14(13-21)12-18(17)25-3/h4-9,12H,10-11,13H2,1-3H3. The Morgan fingerprint density at radius 1 is 1.04 bits per heavy atom. The summed E-state index contributed by atoms with van der Waals surface area (Å²) in [5.41, 5.74) is 1.54. The maximum atomic E-state index is 12.6. The van der Waals surface area contributed by atoms with Gasteiger partial charge in [0.1, 0.15) is 18.1 Å². The number of hydrogen-bond acceptors (Lipinski definition) is 5. The van der Waals surface area contributed by atoms with Crippen molar-refractivity contribution in [1.82, 2.24) is 4.90 Å². The molecule has 6 heteroatoms. The average molecular weight is 420 g/mol. The van der Waals surface area contributed by atoms with Crippen LogP contribution in [-0.2, 0) is 5.33 Å². The van der Waals surface area contributed by atoms with E-state index in [0.717, 1.165) is 12.1 Å². The number of halogens is 1. The zero-order valence-electron chi connectivity index (χ0n) is 15.1. The van der Waals surface area contributed by atoms with Crippen LogP contribution in [0.1, 0.15) is 26.3 Å². The number of ketones is 2. The molecular weight excluding hydrogens is 398 g/mol. The van der Waals surface area contributed by atoms with Gasteiger partial charge in [-0.2, -0.15) is 0 Å². The minimum Gasteiger partial charge on any atom is -0.496 e. The molecule has 0 bridgehead atoms. The van der Waals surface area contributed by atoms with E-state index < -0.39 is 11.6 Å². The number of methoxy groups -OCH3 is 1. The third kappa shape index (κ3) is 5.16. The maximum absolute atomic E-state index is 12.6. The first kappa shape index (κ1) is 20.1. The maximum Gasteiger partial charge on any atom is 0.237 e. The zero-order valence-corrected chi connectivity index (χ0v) is 16.7. The second-order valence-corrected chi connectivity index (χ2v) is 6.56. The highest BCUT2D eigenvalue weighted by molar-refractivity contribution is 9.08. The van der Waals surface area contributed by atoms with E-state index in [1.165, 1.54) is 7.11 Å². The minimum absolute atomic E-state index is 0.258. The van der Waals surface area contributed by atoms with Crippen LogP contribution in [0.4, 0.5) is 0 Å². The fraction of sp³-hybridized carbons (Fsp3) is 0.300. The van der Waals surface area contributed by atoms with Crippen LogP contribution in [-0.4, -0.2) is 50.8 Å². The van der Waals surface area contributed by atoms with Crippen molar-refractivity contribution < 1.29 is 19.1 Å². The van der Waals surface area contributed by atoms with Crippen molar-refractivity contribution in [3.05, 3.63) is 59.2 Å². The highest BCUT2D eigenvalue weighted by Crippen LogP contribution is 2.24. The first-order valence-corrected chi connectivity index (χ1v) is 9.28. The van der Waals surface area contributed by atoms with Crippen LogP contribution in [0.25, 0.3) is 0 Å². The molecular formula is C20H22BrNO4. The first-order chi connectivity index (χ1) is 12.5. The SMILES string of the molecule is COc1cc(CBr)ccc1C(=O)C(=O)c1ccc(OCCN(C)C)cc1. The van der Waals surface area contributed by atoms with Gasteiger partial charge in [-0.1, -0.05) is 22.0 Å². The molecule has 0 amide bonds. The van der Waals surface area contributed by atoms with Crippen molar-refractivity contribution >= 4 is 27.5 Å². The van der Waals surface area contributed by atoms with Gasteiger partial charge in [0.15, 0.2) is 0 Å². The molecule has 26 heavy (non-hydrogen) atoms. The lowest BCUT2D eigenvalue weighted by Crippen LogP contribution is -2.19. The summed E-state index contributed by atoms with van der Waals surface area (Å²) in [7, 11) is 5.42. The Labute approximate surface area is 162 Å².